The summed E-state index contributed by atoms with van der Waals surface area (Å²) in [6, 6.07) is 8.10. The predicted molar refractivity (Wildman–Crippen MR) is 85.1 cm³/mol. The molecule has 1 fully saturated rings. The van der Waals surface area contributed by atoms with E-state index in [-0.39, 0.29) is 11.9 Å². The molecule has 1 aromatic heterocycles. The van der Waals surface area contributed by atoms with Gasteiger partial charge in [-0.25, -0.2) is 0 Å². The summed E-state index contributed by atoms with van der Waals surface area (Å²) in [7, 11) is 1.66. The minimum absolute atomic E-state index is 0.0172. The van der Waals surface area contributed by atoms with E-state index < -0.39 is 0 Å². The number of carbonyl (C=O) groups is 1. The van der Waals surface area contributed by atoms with E-state index in [1.54, 1.807) is 12.5 Å². The van der Waals surface area contributed by atoms with Crippen molar-refractivity contribution in [3.05, 3.63) is 40.9 Å². The molecule has 1 amide bonds. The van der Waals surface area contributed by atoms with Gasteiger partial charge in [0, 0.05) is 11.9 Å². The van der Waals surface area contributed by atoms with E-state index in [4.69, 9.17) is 4.74 Å². The Morgan fingerprint density at radius 2 is 2.09 bits per heavy atom. The van der Waals surface area contributed by atoms with Crippen molar-refractivity contribution in [3.63, 3.8) is 0 Å². The molecule has 6 heteroatoms. The van der Waals surface area contributed by atoms with Crippen molar-refractivity contribution >= 4 is 17.4 Å². The molecule has 1 atom stereocenters. The van der Waals surface area contributed by atoms with E-state index in [1.165, 1.54) is 11.5 Å². The van der Waals surface area contributed by atoms with E-state index in [0.717, 1.165) is 43.5 Å². The molecule has 5 nitrogen and oxygen atoms in total. The Morgan fingerprint density at radius 3 is 2.77 bits per heavy atom. The summed E-state index contributed by atoms with van der Waals surface area (Å²) in [5, 5.41) is 5.66. The number of aromatic nitrogens is 2. The quantitative estimate of drug-likeness (QED) is 0.871. The van der Waals surface area contributed by atoms with Gasteiger partial charge in [-0.05, 0) is 42.1 Å². The maximum atomic E-state index is 12.7. The highest BCUT2D eigenvalue weighted by atomic mass is 32.1. The van der Waals surface area contributed by atoms with Crippen LogP contribution in [-0.2, 0) is 0 Å². The summed E-state index contributed by atoms with van der Waals surface area (Å²) >= 11 is 1.21. The van der Waals surface area contributed by atoms with Gasteiger partial charge in [0.15, 0.2) is 5.69 Å². The normalized spacial score (nSPS) is 18.8. The first-order chi connectivity index (χ1) is 10.8. The zero-order valence-electron chi connectivity index (χ0n) is 12.6. The molecular formula is C16H19N3O2S. The minimum atomic E-state index is -0.0172. The molecule has 0 N–H and O–H groups in total. The average molecular weight is 317 g/mol. The zero-order valence-corrected chi connectivity index (χ0v) is 13.4. The lowest BCUT2D eigenvalue weighted by Crippen LogP contribution is -2.35. The van der Waals surface area contributed by atoms with Crippen LogP contribution in [0.4, 0.5) is 0 Å². The highest BCUT2D eigenvalue weighted by Crippen LogP contribution is 2.32. The Labute approximate surface area is 134 Å². The van der Waals surface area contributed by atoms with Crippen LogP contribution < -0.4 is 4.74 Å². The highest BCUT2D eigenvalue weighted by Gasteiger charge is 2.28. The van der Waals surface area contributed by atoms with Gasteiger partial charge in [-0.2, -0.15) is 0 Å². The van der Waals surface area contributed by atoms with Crippen LogP contribution in [0.25, 0.3) is 0 Å². The van der Waals surface area contributed by atoms with Crippen molar-refractivity contribution in [3.8, 4) is 5.75 Å². The van der Waals surface area contributed by atoms with Crippen molar-refractivity contribution in [1.82, 2.24) is 14.5 Å². The Balaban J connectivity index is 1.88. The SMILES string of the molecule is COc1ccc(C2CCCCCN2C(=O)c2csnn2)cc1. The summed E-state index contributed by atoms with van der Waals surface area (Å²) < 4.78 is 9.03. The number of methoxy groups -OCH3 is 1. The maximum Gasteiger partial charge on any atom is 0.275 e. The smallest absolute Gasteiger partial charge is 0.275 e. The minimum Gasteiger partial charge on any atom is -0.497 e. The molecule has 1 saturated heterocycles. The molecule has 1 aliphatic rings. The molecule has 0 spiro atoms. The van der Waals surface area contributed by atoms with Crippen LogP contribution in [0, 0.1) is 0 Å². The summed E-state index contributed by atoms with van der Waals surface area (Å²) in [6.45, 7) is 0.771. The fourth-order valence-corrected chi connectivity index (χ4v) is 3.36. The van der Waals surface area contributed by atoms with Gasteiger partial charge in [0.25, 0.3) is 5.91 Å². The fourth-order valence-electron chi connectivity index (χ4n) is 2.93. The summed E-state index contributed by atoms with van der Waals surface area (Å²) in [5.41, 5.74) is 1.60. The van der Waals surface area contributed by atoms with E-state index in [2.05, 4.69) is 9.59 Å². The molecule has 1 aliphatic heterocycles. The second-order valence-corrected chi connectivity index (χ2v) is 6.04. The van der Waals surface area contributed by atoms with Gasteiger partial charge < -0.3 is 9.64 Å². The van der Waals surface area contributed by atoms with Crippen LogP contribution in [0.5, 0.6) is 5.75 Å². The van der Waals surface area contributed by atoms with E-state index in [9.17, 15) is 4.79 Å². The largest absolute Gasteiger partial charge is 0.497 e. The monoisotopic (exact) mass is 317 g/mol. The number of hydrogen-bond donors (Lipinski definition) is 0. The summed E-state index contributed by atoms with van der Waals surface area (Å²) in [4.78, 5) is 14.7. The first kappa shape index (κ1) is 15.0. The van der Waals surface area contributed by atoms with Crippen molar-refractivity contribution < 1.29 is 9.53 Å². The summed E-state index contributed by atoms with van der Waals surface area (Å²) in [5.74, 6) is 0.815. The van der Waals surface area contributed by atoms with Gasteiger partial charge in [-0.1, -0.05) is 29.5 Å². The maximum absolute atomic E-state index is 12.7. The van der Waals surface area contributed by atoms with Gasteiger partial charge in [-0.15, -0.1) is 5.10 Å². The highest BCUT2D eigenvalue weighted by molar-refractivity contribution is 7.03. The lowest BCUT2D eigenvalue weighted by atomic mass is 10.0. The Kier molecular flexibility index (Phi) is 4.68. The lowest BCUT2D eigenvalue weighted by molar-refractivity contribution is 0.0675. The Bertz CT molecular complexity index is 613. The van der Waals surface area contributed by atoms with Crippen LogP contribution in [0.15, 0.2) is 29.6 Å². The predicted octanol–water partition coefficient (Wildman–Crippen LogP) is 3.30. The van der Waals surface area contributed by atoms with Gasteiger partial charge in [-0.3, -0.25) is 4.79 Å². The number of ether oxygens (including phenoxy) is 1. The molecule has 1 unspecified atom stereocenters. The number of benzene rings is 1. The fraction of sp³-hybridized carbons (Fsp3) is 0.438. The number of nitrogens with zero attached hydrogens (tertiary/aromatic N) is 3. The molecular weight excluding hydrogens is 298 g/mol. The van der Waals surface area contributed by atoms with Crippen LogP contribution in [0.2, 0.25) is 0 Å². The molecule has 0 saturated carbocycles. The number of rotatable bonds is 3. The first-order valence-corrected chi connectivity index (χ1v) is 8.35. The summed E-state index contributed by atoms with van der Waals surface area (Å²) in [6.07, 6.45) is 4.31. The third-order valence-corrected chi connectivity index (χ3v) is 4.60. The van der Waals surface area contributed by atoms with Crippen molar-refractivity contribution in [2.75, 3.05) is 13.7 Å². The number of carbonyl (C=O) groups excluding carboxylic acids is 1. The molecule has 2 heterocycles. The lowest BCUT2D eigenvalue weighted by Gasteiger charge is -2.30. The number of amides is 1. The zero-order chi connectivity index (χ0) is 15.4. The molecule has 116 valence electrons. The Hall–Kier alpha value is -1.95. The van der Waals surface area contributed by atoms with Gasteiger partial charge in [0.2, 0.25) is 0 Å². The number of hydrogen-bond acceptors (Lipinski definition) is 5. The van der Waals surface area contributed by atoms with Gasteiger partial charge in [0.05, 0.1) is 13.2 Å². The van der Waals surface area contributed by atoms with E-state index >= 15 is 0 Å². The van der Waals surface area contributed by atoms with Crippen LogP contribution in [0.3, 0.4) is 0 Å². The molecule has 0 radical (unpaired) electrons. The molecule has 2 aromatic rings. The first-order valence-electron chi connectivity index (χ1n) is 7.51. The van der Waals surface area contributed by atoms with Crippen LogP contribution in [-0.4, -0.2) is 34.0 Å². The van der Waals surface area contributed by atoms with Crippen molar-refractivity contribution in [1.29, 1.82) is 0 Å². The third kappa shape index (κ3) is 3.11. The Morgan fingerprint density at radius 1 is 1.27 bits per heavy atom. The van der Waals surface area contributed by atoms with E-state index in [1.807, 2.05) is 29.2 Å². The molecule has 1 aromatic carbocycles. The van der Waals surface area contributed by atoms with E-state index in [0.29, 0.717) is 5.69 Å². The average Bonchev–Trinajstić information content (AvgIpc) is 2.99. The van der Waals surface area contributed by atoms with Crippen LogP contribution in [0.1, 0.15) is 47.8 Å². The molecule has 22 heavy (non-hydrogen) atoms. The second kappa shape index (κ2) is 6.87. The standard InChI is InChI=1S/C16H19N3O2S/c1-21-13-8-6-12(7-9-13)15-5-3-2-4-10-19(15)16(20)14-11-22-18-17-14/h6-9,11,15H,2-5,10H2,1H3. The number of likely N-dealkylation sites (tertiary alicyclic amines) is 1. The molecule has 3 rings (SSSR count). The topological polar surface area (TPSA) is 55.3 Å². The molecule has 0 bridgehead atoms. The van der Waals surface area contributed by atoms with Gasteiger partial charge in [0.1, 0.15) is 5.75 Å². The second-order valence-electron chi connectivity index (χ2n) is 5.43. The van der Waals surface area contributed by atoms with Crippen LogP contribution >= 0.6 is 11.5 Å². The van der Waals surface area contributed by atoms with Crippen molar-refractivity contribution in [2.24, 2.45) is 0 Å². The van der Waals surface area contributed by atoms with Gasteiger partial charge >= 0.3 is 0 Å². The van der Waals surface area contributed by atoms with Crippen molar-refractivity contribution in [2.45, 2.75) is 31.7 Å². The molecule has 0 aliphatic carbocycles. The third-order valence-electron chi connectivity index (χ3n) is 4.09.